The lowest BCUT2D eigenvalue weighted by atomic mass is 10.0. The van der Waals surface area contributed by atoms with Gasteiger partial charge in [0.1, 0.15) is 5.75 Å². The van der Waals surface area contributed by atoms with Gasteiger partial charge in [0.2, 0.25) is 0 Å². The van der Waals surface area contributed by atoms with Crippen molar-refractivity contribution in [2.45, 2.75) is 12.8 Å². The fourth-order valence-electron chi connectivity index (χ4n) is 2.02. The average Bonchev–Trinajstić information content (AvgIpc) is 3.19. The normalized spacial score (nSPS) is 14.8. The summed E-state index contributed by atoms with van der Waals surface area (Å²) in [6.45, 7) is 0.735. The quantitative estimate of drug-likeness (QED) is 0.746. The van der Waals surface area contributed by atoms with Crippen LogP contribution in [0.15, 0.2) is 36.4 Å². The van der Waals surface area contributed by atoms with E-state index in [4.69, 9.17) is 4.74 Å². The van der Waals surface area contributed by atoms with E-state index in [9.17, 15) is 4.79 Å². The summed E-state index contributed by atoms with van der Waals surface area (Å²) in [6.07, 6.45) is 3.40. The molecule has 1 aliphatic rings. The minimum atomic E-state index is 0.670. The predicted octanol–water partition coefficient (Wildman–Crippen LogP) is 3.44. The maximum absolute atomic E-state index is 11.2. The van der Waals surface area contributed by atoms with Crippen molar-refractivity contribution in [3.8, 4) is 5.75 Å². The Kier molecular flexibility index (Phi) is 2.56. The Morgan fingerprint density at radius 2 is 2.00 bits per heavy atom. The predicted molar refractivity (Wildman–Crippen MR) is 67.6 cm³/mol. The Labute approximate surface area is 100 Å². The number of ether oxygens (including phenoxy) is 1. The molecule has 0 aromatic heterocycles. The van der Waals surface area contributed by atoms with Crippen LogP contribution in [0, 0.1) is 5.92 Å². The lowest BCUT2D eigenvalue weighted by Crippen LogP contribution is -2.01. The molecule has 0 unspecified atom stereocenters. The van der Waals surface area contributed by atoms with Gasteiger partial charge >= 0.3 is 0 Å². The minimum absolute atomic E-state index is 0.670. The van der Waals surface area contributed by atoms with Gasteiger partial charge in [0, 0.05) is 0 Å². The highest BCUT2D eigenvalue weighted by atomic mass is 16.5. The Balaban J connectivity index is 2.01. The van der Waals surface area contributed by atoms with Gasteiger partial charge in [-0.1, -0.05) is 30.3 Å². The van der Waals surface area contributed by atoms with Crippen molar-refractivity contribution in [3.63, 3.8) is 0 Å². The van der Waals surface area contributed by atoms with Crippen LogP contribution in [0.4, 0.5) is 0 Å². The zero-order chi connectivity index (χ0) is 11.7. The van der Waals surface area contributed by atoms with Gasteiger partial charge in [-0.2, -0.15) is 0 Å². The van der Waals surface area contributed by atoms with Crippen LogP contribution in [0.5, 0.6) is 5.75 Å². The van der Waals surface area contributed by atoms with Crippen molar-refractivity contribution in [2.75, 3.05) is 6.61 Å². The summed E-state index contributed by atoms with van der Waals surface area (Å²) in [6, 6.07) is 11.8. The second kappa shape index (κ2) is 4.21. The molecule has 0 radical (unpaired) electrons. The highest BCUT2D eigenvalue weighted by molar-refractivity contribution is 6.00. The molecule has 1 aliphatic carbocycles. The zero-order valence-corrected chi connectivity index (χ0v) is 9.56. The summed E-state index contributed by atoms with van der Waals surface area (Å²) < 4.78 is 5.73. The molecule has 2 aromatic carbocycles. The van der Waals surface area contributed by atoms with E-state index < -0.39 is 0 Å². The van der Waals surface area contributed by atoms with Crippen LogP contribution < -0.4 is 4.74 Å². The Morgan fingerprint density at radius 1 is 1.18 bits per heavy atom. The number of fused-ring (bicyclic) bond motifs is 1. The van der Waals surface area contributed by atoms with Crippen LogP contribution in [0.1, 0.15) is 23.2 Å². The van der Waals surface area contributed by atoms with Crippen LogP contribution in [0.3, 0.4) is 0 Å². The molecule has 2 nitrogen and oxygen atoms in total. The summed E-state index contributed by atoms with van der Waals surface area (Å²) in [4.78, 5) is 11.2. The maximum Gasteiger partial charge on any atom is 0.154 e. The van der Waals surface area contributed by atoms with Gasteiger partial charge in [0.05, 0.1) is 12.2 Å². The maximum atomic E-state index is 11.2. The largest absolute Gasteiger partial charge is 0.493 e. The van der Waals surface area contributed by atoms with E-state index in [2.05, 4.69) is 0 Å². The summed E-state index contributed by atoms with van der Waals surface area (Å²) in [7, 11) is 0. The molecule has 0 N–H and O–H groups in total. The number of carbonyl (C=O) groups excluding carboxylic acids is 1. The van der Waals surface area contributed by atoms with Crippen molar-refractivity contribution >= 4 is 17.1 Å². The summed E-state index contributed by atoms with van der Waals surface area (Å²) in [5.41, 5.74) is 0.670. The Morgan fingerprint density at radius 3 is 2.76 bits per heavy atom. The SMILES string of the molecule is O=Cc1c(OCC2CC2)ccc2ccccc12. The van der Waals surface area contributed by atoms with E-state index >= 15 is 0 Å². The molecule has 0 spiro atoms. The number of hydrogen-bond donors (Lipinski definition) is 0. The molecule has 0 heterocycles. The standard InChI is InChI=1S/C15H14O2/c16-9-14-13-4-2-1-3-12(13)7-8-15(14)17-10-11-5-6-11/h1-4,7-9,11H,5-6,10H2. The Bertz CT molecular complexity index is 556. The molecule has 0 amide bonds. The molecule has 1 fully saturated rings. The van der Waals surface area contributed by atoms with E-state index in [1.807, 2.05) is 36.4 Å². The van der Waals surface area contributed by atoms with Gasteiger partial charge < -0.3 is 4.74 Å². The van der Waals surface area contributed by atoms with Gasteiger partial charge in [-0.3, -0.25) is 4.79 Å². The van der Waals surface area contributed by atoms with Crippen molar-refractivity contribution in [3.05, 3.63) is 42.0 Å². The molecular weight excluding hydrogens is 212 g/mol. The molecule has 17 heavy (non-hydrogen) atoms. The third-order valence-corrected chi connectivity index (χ3v) is 3.22. The molecule has 1 saturated carbocycles. The number of carbonyl (C=O) groups is 1. The van der Waals surface area contributed by atoms with Crippen molar-refractivity contribution in [1.29, 1.82) is 0 Å². The number of hydrogen-bond acceptors (Lipinski definition) is 2. The second-order valence-electron chi connectivity index (χ2n) is 4.57. The first kappa shape index (κ1) is 10.3. The first-order chi connectivity index (χ1) is 8.38. The van der Waals surface area contributed by atoms with Crippen LogP contribution in [0.25, 0.3) is 10.8 Å². The second-order valence-corrected chi connectivity index (χ2v) is 4.57. The van der Waals surface area contributed by atoms with E-state index in [1.54, 1.807) is 0 Å². The highest BCUT2D eigenvalue weighted by Crippen LogP contribution is 2.32. The van der Waals surface area contributed by atoms with E-state index in [0.29, 0.717) is 17.2 Å². The molecule has 0 aliphatic heterocycles. The van der Waals surface area contributed by atoms with Gasteiger partial charge in [-0.05, 0) is 35.6 Å². The fourth-order valence-corrected chi connectivity index (χ4v) is 2.02. The molecule has 86 valence electrons. The van der Waals surface area contributed by atoms with Crippen LogP contribution in [-0.4, -0.2) is 12.9 Å². The number of rotatable bonds is 4. The molecule has 0 bridgehead atoms. The lowest BCUT2D eigenvalue weighted by Gasteiger charge is -2.10. The fraction of sp³-hybridized carbons (Fsp3) is 0.267. The molecule has 0 atom stereocenters. The van der Waals surface area contributed by atoms with E-state index in [0.717, 1.165) is 23.7 Å². The van der Waals surface area contributed by atoms with Crippen LogP contribution in [0.2, 0.25) is 0 Å². The first-order valence-electron chi connectivity index (χ1n) is 5.98. The third-order valence-electron chi connectivity index (χ3n) is 3.22. The highest BCUT2D eigenvalue weighted by Gasteiger charge is 2.22. The lowest BCUT2D eigenvalue weighted by molar-refractivity contribution is 0.112. The smallest absolute Gasteiger partial charge is 0.154 e. The monoisotopic (exact) mass is 226 g/mol. The van der Waals surface area contributed by atoms with E-state index in [-0.39, 0.29) is 0 Å². The molecule has 3 rings (SSSR count). The summed E-state index contributed by atoms with van der Waals surface area (Å²) in [5, 5.41) is 2.05. The topological polar surface area (TPSA) is 26.3 Å². The number of aldehydes is 1. The average molecular weight is 226 g/mol. The first-order valence-corrected chi connectivity index (χ1v) is 5.98. The number of benzene rings is 2. The van der Waals surface area contributed by atoms with Gasteiger partial charge in [-0.25, -0.2) is 0 Å². The summed E-state index contributed by atoms with van der Waals surface area (Å²) in [5.74, 6) is 1.41. The van der Waals surface area contributed by atoms with E-state index in [1.165, 1.54) is 12.8 Å². The molecule has 2 aromatic rings. The van der Waals surface area contributed by atoms with Crippen molar-refractivity contribution in [2.24, 2.45) is 5.92 Å². The van der Waals surface area contributed by atoms with Crippen LogP contribution in [-0.2, 0) is 0 Å². The molecule has 2 heteroatoms. The Hall–Kier alpha value is -1.83. The summed E-state index contributed by atoms with van der Waals surface area (Å²) >= 11 is 0. The molecule has 0 saturated heterocycles. The van der Waals surface area contributed by atoms with Gasteiger partial charge in [0.25, 0.3) is 0 Å². The van der Waals surface area contributed by atoms with Crippen molar-refractivity contribution in [1.82, 2.24) is 0 Å². The third kappa shape index (κ3) is 2.03. The van der Waals surface area contributed by atoms with Crippen molar-refractivity contribution < 1.29 is 9.53 Å². The minimum Gasteiger partial charge on any atom is -0.493 e. The molecular formula is C15H14O2. The van der Waals surface area contributed by atoms with Crippen LogP contribution >= 0.6 is 0 Å². The van der Waals surface area contributed by atoms with Gasteiger partial charge in [0.15, 0.2) is 6.29 Å². The zero-order valence-electron chi connectivity index (χ0n) is 9.56. The van der Waals surface area contributed by atoms with Gasteiger partial charge in [-0.15, -0.1) is 0 Å².